The van der Waals surface area contributed by atoms with Crippen molar-refractivity contribution >= 4 is 43.9 Å². The van der Waals surface area contributed by atoms with Crippen molar-refractivity contribution in [2.45, 2.75) is 32.7 Å². The van der Waals surface area contributed by atoms with Crippen molar-refractivity contribution in [1.29, 1.82) is 0 Å². The van der Waals surface area contributed by atoms with Gasteiger partial charge in [0.1, 0.15) is 11.4 Å². The highest BCUT2D eigenvalue weighted by Gasteiger charge is 2.23. The number of benzene rings is 2. The normalized spacial score (nSPS) is 13.1. The molecular formula is C23H21N3O2S. The fourth-order valence-corrected chi connectivity index (χ4v) is 5.51. The number of hydrogen-bond donors (Lipinski definition) is 0. The molecule has 0 N–H and O–H groups in total. The first-order chi connectivity index (χ1) is 14.2. The number of anilines is 1. The average Bonchev–Trinajstić information content (AvgIpc) is 3.32. The van der Waals surface area contributed by atoms with Crippen LogP contribution in [0.2, 0.25) is 0 Å². The number of thiophene rings is 1. The number of likely N-dealkylation sites (N-methyl/N-ethyl adjacent to an activating group) is 1. The van der Waals surface area contributed by atoms with Crippen LogP contribution in [-0.4, -0.2) is 22.0 Å². The predicted molar refractivity (Wildman–Crippen MR) is 118 cm³/mol. The van der Waals surface area contributed by atoms with E-state index in [0.717, 1.165) is 46.1 Å². The second-order valence-corrected chi connectivity index (χ2v) is 8.44. The number of rotatable bonds is 4. The van der Waals surface area contributed by atoms with Crippen LogP contribution in [0.5, 0.6) is 0 Å². The highest BCUT2D eigenvalue weighted by molar-refractivity contribution is 7.18. The van der Waals surface area contributed by atoms with Crippen molar-refractivity contribution in [3.05, 3.63) is 69.6 Å². The summed E-state index contributed by atoms with van der Waals surface area (Å²) in [5, 5.41) is 2.83. The molecular weight excluding hydrogens is 382 g/mol. The molecule has 2 heterocycles. The third-order valence-corrected chi connectivity index (χ3v) is 6.87. The summed E-state index contributed by atoms with van der Waals surface area (Å²) in [6.45, 7) is 2.48. The fourth-order valence-electron chi connectivity index (χ4n) is 4.29. The van der Waals surface area contributed by atoms with Crippen LogP contribution in [0.4, 0.5) is 5.69 Å². The molecule has 0 aliphatic heterocycles. The van der Waals surface area contributed by atoms with Crippen LogP contribution >= 0.6 is 11.3 Å². The maximum atomic E-state index is 13.2. The van der Waals surface area contributed by atoms with Crippen LogP contribution in [0, 0.1) is 0 Å². The largest absolute Gasteiger partial charge is 0.311 e. The van der Waals surface area contributed by atoms with E-state index in [-0.39, 0.29) is 18.0 Å². The van der Waals surface area contributed by atoms with Gasteiger partial charge in [0.15, 0.2) is 0 Å². The van der Waals surface area contributed by atoms with Crippen molar-refractivity contribution in [2.24, 2.45) is 0 Å². The highest BCUT2D eigenvalue weighted by Crippen LogP contribution is 2.34. The molecule has 2 aromatic carbocycles. The van der Waals surface area contributed by atoms with E-state index in [1.54, 1.807) is 16.2 Å². The third kappa shape index (κ3) is 2.95. The standard InChI is InChI=1S/C23H21N3O2S/c1-2-26(18-11-5-8-15-7-3-4-9-16(15)18)20(27)13-25-14-24-22-21(23(25)28)17-10-6-12-19(17)29-22/h3-5,7-9,11,14H,2,6,10,12-13H2,1H3. The van der Waals surface area contributed by atoms with Gasteiger partial charge < -0.3 is 4.90 Å². The van der Waals surface area contributed by atoms with Gasteiger partial charge in [-0.3, -0.25) is 14.2 Å². The second-order valence-electron chi connectivity index (χ2n) is 7.35. The molecule has 6 heteroatoms. The summed E-state index contributed by atoms with van der Waals surface area (Å²) in [5.41, 5.74) is 1.91. The molecule has 0 unspecified atom stereocenters. The van der Waals surface area contributed by atoms with Crippen LogP contribution < -0.4 is 10.5 Å². The topological polar surface area (TPSA) is 55.2 Å². The van der Waals surface area contributed by atoms with Gasteiger partial charge in [-0.05, 0) is 43.2 Å². The Bertz CT molecular complexity index is 1300. The van der Waals surface area contributed by atoms with Crippen LogP contribution in [0.1, 0.15) is 23.8 Å². The van der Waals surface area contributed by atoms with E-state index in [2.05, 4.69) is 4.98 Å². The van der Waals surface area contributed by atoms with E-state index in [9.17, 15) is 9.59 Å². The van der Waals surface area contributed by atoms with Crippen molar-refractivity contribution < 1.29 is 4.79 Å². The number of fused-ring (bicyclic) bond motifs is 4. The second kappa shape index (κ2) is 7.12. The molecule has 0 spiro atoms. The Kier molecular flexibility index (Phi) is 4.43. The lowest BCUT2D eigenvalue weighted by atomic mass is 10.1. The van der Waals surface area contributed by atoms with E-state index < -0.39 is 0 Å². The number of aryl methyl sites for hydroxylation is 2. The van der Waals surface area contributed by atoms with Crippen molar-refractivity contribution in [3.8, 4) is 0 Å². The lowest BCUT2D eigenvalue weighted by Crippen LogP contribution is -2.36. The molecule has 0 radical (unpaired) electrons. The quantitative estimate of drug-likeness (QED) is 0.514. The van der Waals surface area contributed by atoms with Crippen LogP contribution in [0.3, 0.4) is 0 Å². The summed E-state index contributed by atoms with van der Waals surface area (Å²) in [4.78, 5) is 34.6. The average molecular weight is 404 g/mol. The molecule has 0 bridgehead atoms. The Labute approximate surface area is 172 Å². The van der Waals surface area contributed by atoms with E-state index in [1.807, 2.05) is 49.4 Å². The summed E-state index contributed by atoms with van der Waals surface area (Å²) in [7, 11) is 0. The molecule has 1 aliphatic carbocycles. The van der Waals surface area contributed by atoms with Gasteiger partial charge in [0.25, 0.3) is 5.56 Å². The van der Waals surface area contributed by atoms with Crippen LogP contribution in [-0.2, 0) is 24.2 Å². The zero-order valence-electron chi connectivity index (χ0n) is 16.2. The maximum absolute atomic E-state index is 13.2. The minimum absolute atomic E-state index is 0.0105. The number of carbonyl (C=O) groups excluding carboxylic acids is 1. The van der Waals surface area contributed by atoms with Gasteiger partial charge >= 0.3 is 0 Å². The molecule has 1 aliphatic rings. The summed E-state index contributed by atoms with van der Waals surface area (Å²) >= 11 is 1.62. The van der Waals surface area contributed by atoms with Crippen molar-refractivity contribution in [1.82, 2.24) is 9.55 Å². The summed E-state index contributed by atoms with van der Waals surface area (Å²) < 4.78 is 1.46. The van der Waals surface area contributed by atoms with E-state index in [4.69, 9.17) is 0 Å². The molecule has 5 nitrogen and oxygen atoms in total. The first-order valence-electron chi connectivity index (χ1n) is 9.95. The van der Waals surface area contributed by atoms with Gasteiger partial charge in [-0.1, -0.05) is 36.4 Å². The number of aromatic nitrogens is 2. The molecule has 0 saturated carbocycles. The fraction of sp³-hybridized carbons (Fsp3) is 0.261. The summed E-state index contributed by atoms with van der Waals surface area (Å²) in [6, 6.07) is 14.0. The van der Waals surface area contributed by atoms with E-state index in [0.29, 0.717) is 11.9 Å². The Morgan fingerprint density at radius 3 is 2.86 bits per heavy atom. The maximum Gasteiger partial charge on any atom is 0.262 e. The van der Waals surface area contributed by atoms with Gasteiger partial charge in [0.05, 0.1) is 17.4 Å². The molecule has 0 fully saturated rings. The molecule has 0 saturated heterocycles. The Balaban J connectivity index is 1.52. The zero-order valence-corrected chi connectivity index (χ0v) is 17.0. The van der Waals surface area contributed by atoms with Gasteiger partial charge in [-0.2, -0.15) is 0 Å². The van der Waals surface area contributed by atoms with Crippen molar-refractivity contribution in [2.75, 3.05) is 11.4 Å². The lowest BCUT2D eigenvalue weighted by molar-refractivity contribution is -0.119. The Hall–Kier alpha value is -2.99. The van der Waals surface area contributed by atoms with Gasteiger partial charge in [0.2, 0.25) is 5.91 Å². The SMILES string of the molecule is CCN(C(=O)Cn1cnc2sc3c(c2c1=O)CCC3)c1cccc2ccccc12. The smallest absolute Gasteiger partial charge is 0.262 e. The monoisotopic (exact) mass is 403 g/mol. The minimum atomic E-state index is -0.112. The number of nitrogens with zero attached hydrogens (tertiary/aromatic N) is 3. The number of amides is 1. The van der Waals surface area contributed by atoms with Crippen molar-refractivity contribution in [3.63, 3.8) is 0 Å². The highest BCUT2D eigenvalue weighted by atomic mass is 32.1. The lowest BCUT2D eigenvalue weighted by Gasteiger charge is -2.23. The van der Waals surface area contributed by atoms with E-state index >= 15 is 0 Å². The molecule has 0 atom stereocenters. The molecule has 5 rings (SSSR count). The molecule has 29 heavy (non-hydrogen) atoms. The van der Waals surface area contributed by atoms with Gasteiger partial charge in [-0.25, -0.2) is 4.98 Å². The molecule has 1 amide bonds. The Morgan fingerprint density at radius 1 is 1.17 bits per heavy atom. The minimum Gasteiger partial charge on any atom is -0.311 e. The third-order valence-electron chi connectivity index (χ3n) is 5.67. The van der Waals surface area contributed by atoms with E-state index in [1.165, 1.54) is 15.8 Å². The predicted octanol–water partition coefficient (Wildman–Crippen LogP) is 4.15. The molecule has 2 aromatic heterocycles. The molecule has 4 aromatic rings. The first kappa shape index (κ1) is 18.1. The summed E-state index contributed by atoms with van der Waals surface area (Å²) in [6.07, 6.45) is 4.57. The van der Waals surface area contributed by atoms with Gasteiger partial charge in [0, 0.05) is 16.8 Å². The number of hydrogen-bond acceptors (Lipinski definition) is 4. The number of carbonyl (C=O) groups is 1. The Morgan fingerprint density at radius 2 is 2.00 bits per heavy atom. The zero-order chi connectivity index (χ0) is 20.0. The van der Waals surface area contributed by atoms with Gasteiger partial charge in [-0.15, -0.1) is 11.3 Å². The van der Waals surface area contributed by atoms with Crippen LogP contribution in [0.25, 0.3) is 21.0 Å². The summed E-state index contributed by atoms with van der Waals surface area (Å²) in [5.74, 6) is -0.112. The first-order valence-corrected chi connectivity index (χ1v) is 10.8. The molecule has 146 valence electrons. The van der Waals surface area contributed by atoms with Crippen LogP contribution in [0.15, 0.2) is 53.6 Å².